The Morgan fingerprint density at radius 2 is 1.37 bits per heavy atom. The number of phenols is 5. The summed E-state index contributed by atoms with van der Waals surface area (Å²) in [7, 11) is 0. The Bertz CT molecular complexity index is 645. The summed E-state index contributed by atoms with van der Waals surface area (Å²) in [4.78, 5) is 12.0. The van der Waals surface area contributed by atoms with E-state index in [0.717, 1.165) is 6.07 Å². The predicted molar refractivity (Wildman–Crippen MR) is 64.6 cm³/mol. The van der Waals surface area contributed by atoms with Gasteiger partial charge in [-0.15, -0.1) is 0 Å². The van der Waals surface area contributed by atoms with Crippen molar-refractivity contribution in [1.82, 2.24) is 0 Å². The summed E-state index contributed by atoms with van der Waals surface area (Å²) in [6.45, 7) is 0. The van der Waals surface area contributed by atoms with E-state index in [2.05, 4.69) is 0 Å². The van der Waals surface area contributed by atoms with Crippen molar-refractivity contribution in [2.45, 2.75) is 0 Å². The van der Waals surface area contributed by atoms with Gasteiger partial charge in [0.2, 0.25) is 11.5 Å². The first kappa shape index (κ1) is 12.6. The predicted octanol–water partition coefficient (Wildman–Crippen LogP) is 1.45. The Labute approximate surface area is 107 Å². The molecule has 2 aromatic rings. The lowest BCUT2D eigenvalue weighted by Crippen LogP contribution is -2.01. The van der Waals surface area contributed by atoms with E-state index in [1.807, 2.05) is 0 Å². The molecule has 0 aliphatic carbocycles. The van der Waals surface area contributed by atoms with Crippen LogP contribution in [0.1, 0.15) is 15.9 Å². The molecule has 0 aromatic heterocycles. The van der Waals surface area contributed by atoms with Crippen molar-refractivity contribution in [1.29, 1.82) is 0 Å². The molecule has 0 atom stereocenters. The minimum absolute atomic E-state index is 0.0304. The van der Waals surface area contributed by atoms with Gasteiger partial charge in [0.25, 0.3) is 0 Å². The summed E-state index contributed by atoms with van der Waals surface area (Å²) >= 11 is 0. The molecule has 0 saturated heterocycles. The molecule has 2 rings (SSSR count). The zero-order valence-electron chi connectivity index (χ0n) is 9.53. The fourth-order valence-corrected chi connectivity index (χ4v) is 1.58. The molecule has 0 aliphatic rings. The Kier molecular flexibility index (Phi) is 2.92. The summed E-state index contributed by atoms with van der Waals surface area (Å²) in [5.41, 5.74) is -0.226. The maximum Gasteiger partial charge on any atom is 0.205 e. The van der Waals surface area contributed by atoms with Crippen LogP contribution in [0.5, 0.6) is 28.7 Å². The van der Waals surface area contributed by atoms with Crippen LogP contribution in [0.4, 0.5) is 0 Å². The van der Waals surface area contributed by atoms with Gasteiger partial charge in [0, 0.05) is 5.56 Å². The molecule has 0 saturated carbocycles. The van der Waals surface area contributed by atoms with Crippen LogP contribution in [0.3, 0.4) is 0 Å². The van der Waals surface area contributed by atoms with Gasteiger partial charge in [0.1, 0.15) is 5.75 Å². The number of rotatable bonds is 2. The average molecular weight is 262 g/mol. The van der Waals surface area contributed by atoms with Crippen molar-refractivity contribution in [3.63, 3.8) is 0 Å². The van der Waals surface area contributed by atoms with Gasteiger partial charge in [-0.25, -0.2) is 0 Å². The van der Waals surface area contributed by atoms with Gasteiger partial charge in [0.05, 0.1) is 5.56 Å². The van der Waals surface area contributed by atoms with Crippen LogP contribution >= 0.6 is 0 Å². The van der Waals surface area contributed by atoms with E-state index in [0.29, 0.717) is 0 Å². The zero-order valence-corrected chi connectivity index (χ0v) is 9.53. The van der Waals surface area contributed by atoms with Crippen LogP contribution in [0, 0.1) is 0 Å². The zero-order chi connectivity index (χ0) is 14.2. The number of phenolic OH excluding ortho intramolecular Hbond substituents is 5. The maximum atomic E-state index is 12.0. The Balaban J connectivity index is 2.53. The largest absolute Gasteiger partial charge is 0.508 e. The second-order valence-corrected chi connectivity index (χ2v) is 3.87. The molecule has 0 fully saturated rings. The van der Waals surface area contributed by atoms with E-state index in [4.69, 9.17) is 5.11 Å². The third-order valence-corrected chi connectivity index (χ3v) is 2.60. The van der Waals surface area contributed by atoms with E-state index >= 15 is 0 Å². The summed E-state index contributed by atoms with van der Waals surface area (Å²) in [5.74, 6) is -4.13. The van der Waals surface area contributed by atoms with Gasteiger partial charge in [0.15, 0.2) is 17.3 Å². The van der Waals surface area contributed by atoms with Crippen molar-refractivity contribution < 1.29 is 30.3 Å². The Morgan fingerprint density at radius 3 is 1.95 bits per heavy atom. The minimum atomic E-state index is -0.970. The lowest BCUT2D eigenvalue weighted by atomic mass is 10.0. The fraction of sp³-hybridized carbons (Fsp3) is 0. The topological polar surface area (TPSA) is 118 Å². The monoisotopic (exact) mass is 262 g/mol. The highest BCUT2D eigenvalue weighted by Crippen LogP contribution is 2.44. The van der Waals surface area contributed by atoms with Crippen LogP contribution in [-0.2, 0) is 0 Å². The molecule has 0 radical (unpaired) electrons. The summed E-state index contributed by atoms with van der Waals surface area (Å²) in [6.07, 6.45) is 0. The maximum absolute atomic E-state index is 12.0. The van der Waals surface area contributed by atoms with Crippen molar-refractivity contribution in [2.24, 2.45) is 0 Å². The molecule has 6 heteroatoms. The third-order valence-electron chi connectivity index (χ3n) is 2.60. The van der Waals surface area contributed by atoms with Gasteiger partial charge < -0.3 is 25.5 Å². The fourth-order valence-electron chi connectivity index (χ4n) is 1.58. The number of benzene rings is 2. The first-order valence-electron chi connectivity index (χ1n) is 5.22. The van der Waals surface area contributed by atoms with Gasteiger partial charge in [-0.05, 0) is 30.3 Å². The van der Waals surface area contributed by atoms with Crippen LogP contribution in [0.25, 0.3) is 0 Å². The average Bonchev–Trinajstić information content (AvgIpc) is 2.40. The summed E-state index contributed by atoms with van der Waals surface area (Å²) in [5, 5.41) is 46.6. The van der Waals surface area contributed by atoms with E-state index in [-0.39, 0.29) is 16.9 Å². The lowest BCUT2D eigenvalue weighted by molar-refractivity contribution is 0.103. The highest BCUT2D eigenvalue weighted by Gasteiger charge is 2.21. The Hall–Kier alpha value is -2.89. The van der Waals surface area contributed by atoms with Crippen molar-refractivity contribution >= 4 is 5.78 Å². The molecule has 6 nitrogen and oxygen atoms in total. The Morgan fingerprint density at radius 1 is 0.789 bits per heavy atom. The van der Waals surface area contributed by atoms with E-state index in [1.54, 1.807) is 0 Å². The molecule has 0 bridgehead atoms. The number of carbonyl (C=O) groups is 1. The van der Waals surface area contributed by atoms with E-state index in [9.17, 15) is 25.2 Å². The molecule has 2 aromatic carbocycles. The summed E-state index contributed by atoms with van der Waals surface area (Å²) in [6, 6.07) is 6.05. The molecule has 19 heavy (non-hydrogen) atoms. The van der Waals surface area contributed by atoms with Crippen molar-refractivity contribution in [3.05, 3.63) is 41.5 Å². The molecular formula is C13H10O6. The number of hydrogen-bond acceptors (Lipinski definition) is 6. The summed E-state index contributed by atoms with van der Waals surface area (Å²) < 4.78 is 0. The third kappa shape index (κ3) is 2.11. The molecule has 5 N–H and O–H groups in total. The number of ketones is 1. The van der Waals surface area contributed by atoms with E-state index in [1.165, 1.54) is 24.3 Å². The molecule has 0 unspecified atom stereocenters. The normalized spacial score (nSPS) is 10.3. The molecule has 98 valence electrons. The second-order valence-electron chi connectivity index (χ2n) is 3.87. The van der Waals surface area contributed by atoms with Gasteiger partial charge in [-0.2, -0.15) is 0 Å². The molecular weight excluding hydrogens is 252 g/mol. The number of hydrogen-bond donors (Lipinski definition) is 5. The van der Waals surface area contributed by atoms with Crippen LogP contribution in [-0.4, -0.2) is 31.3 Å². The molecule has 0 heterocycles. The highest BCUT2D eigenvalue weighted by molar-refractivity contribution is 6.11. The smallest absolute Gasteiger partial charge is 0.205 e. The first-order valence-corrected chi connectivity index (χ1v) is 5.22. The van der Waals surface area contributed by atoms with Crippen LogP contribution < -0.4 is 0 Å². The SMILES string of the molecule is O=C(c1ccc(O)cc1)c1cc(O)c(O)c(O)c1O. The van der Waals surface area contributed by atoms with Gasteiger partial charge in [-0.1, -0.05) is 0 Å². The number of aromatic hydroxyl groups is 5. The van der Waals surface area contributed by atoms with Gasteiger partial charge in [-0.3, -0.25) is 4.79 Å². The van der Waals surface area contributed by atoms with E-state index < -0.39 is 28.8 Å². The number of carbonyl (C=O) groups excluding carboxylic acids is 1. The quantitative estimate of drug-likeness (QED) is 0.317. The molecule has 0 aliphatic heterocycles. The minimum Gasteiger partial charge on any atom is -0.508 e. The standard InChI is InChI=1S/C13H10O6/c14-7-3-1-6(2-4-7)10(16)8-5-9(15)12(18)13(19)11(8)17/h1-5,14-15,17-19H. The van der Waals surface area contributed by atoms with Crippen LogP contribution in [0.15, 0.2) is 30.3 Å². The molecule has 0 amide bonds. The van der Waals surface area contributed by atoms with Gasteiger partial charge >= 0.3 is 0 Å². The highest BCUT2D eigenvalue weighted by atomic mass is 16.3. The lowest BCUT2D eigenvalue weighted by Gasteiger charge is -2.08. The first-order chi connectivity index (χ1) is 8.91. The second kappa shape index (κ2) is 4.41. The molecule has 0 spiro atoms. The van der Waals surface area contributed by atoms with Crippen molar-refractivity contribution in [2.75, 3.05) is 0 Å². The van der Waals surface area contributed by atoms with Crippen LogP contribution in [0.2, 0.25) is 0 Å². The van der Waals surface area contributed by atoms with Crippen molar-refractivity contribution in [3.8, 4) is 28.7 Å².